The van der Waals surface area contributed by atoms with Gasteiger partial charge >= 0.3 is 0 Å². The minimum Gasteiger partial charge on any atom is -0.303 e. The number of anilines is 1. The number of carbonyl (C=O) groups excluding carboxylic acids is 1. The van der Waals surface area contributed by atoms with Crippen LogP contribution in [0.2, 0.25) is 0 Å². The molecule has 96 valence electrons. The number of aromatic amines is 2. The molecule has 0 bridgehead atoms. The summed E-state index contributed by atoms with van der Waals surface area (Å²) in [6, 6.07) is 7.50. The van der Waals surface area contributed by atoms with Gasteiger partial charge in [0.05, 0.1) is 5.52 Å². The predicted octanol–water partition coefficient (Wildman–Crippen LogP) is 2.16. The van der Waals surface area contributed by atoms with Gasteiger partial charge in [-0.25, -0.2) is 0 Å². The zero-order valence-electron chi connectivity index (χ0n) is 10.6. The normalized spacial score (nSPS) is 10.8. The molecule has 3 N–H and O–H groups in total. The molecule has 1 aromatic carbocycles. The number of H-pyrrole nitrogens is 2. The Morgan fingerprint density at radius 3 is 2.68 bits per heavy atom. The van der Waals surface area contributed by atoms with Crippen molar-refractivity contribution in [3.8, 4) is 0 Å². The van der Waals surface area contributed by atoms with Crippen LogP contribution in [-0.4, -0.2) is 26.3 Å². The number of nitrogens with zero attached hydrogens (tertiary/aromatic N) is 2. The van der Waals surface area contributed by atoms with Gasteiger partial charge in [0.2, 0.25) is 0 Å². The van der Waals surface area contributed by atoms with Crippen LogP contribution in [0.5, 0.6) is 0 Å². The largest absolute Gasteiger partial charge is 0.303 e. The summed E-state index contributed by atoms with van der Waals surface area (Å²) in [5.41, 5.74) is 3.06. The van der Waals surface area contributed by atoms with Crippen LogP contribution in [0.1, 0.15) is 21.7 Å². The molecule has 3 rings (SSSR count). The fourth-order valence-corrected chi connectivity index (χ4v) is 1.91. The van der Waals surface area contributed by atoms with Crippen LogP contribution in [0.3, 0.4) is 0 Å². The molecule has 0 spiro atoms. The first-order chi connectivity index (χ1) is 9.16. The quantitative estimate of drug-likeness (QED) is 0.655. The number of para-hydroxylation sites is 1. The third-order valence-electron chi connectivity index (χ3n) is 3.17. The van der Waals surface area contributed by atoms with Crippen molar-refractivity contribution in [1.82, 2.24) is 20.4 Å². The van der Waals surface area contributed by atoms with E-state index in [1.807, 2.05) is 38.1 Å². The van der Waals surface area contributed by atoms with E-state index in [1.54, 1.807) is 0 Å². The number of benzene rings is 1. The summed E-state index contributed by atoms with van der Waals surface area (Å²) < 4.78 is 0. The van der Waals surface area contributed by atoms with E-state index in [1.165, 1.54) is 0 Å². The molecule has 19 heavy (non-hydrogen) atoms. The molecule has 0 saturated heterocycles. The minimum absolute atomic E-state index is 0.271. The number of aryl methyl sites for hydroxylation is 1. The number of amides is 1. The molecular formula is C13H13N5O. The molecule has 1 amide bonds. The lowest BCUT2D eigenvalue weighted by atomic mass is 10.2. The van der Waals surface area contributed by atoms with Crippen LogP contribution < -0.4 is 5.32 Å². The van der Waals surface area contributed by atoms with E-state index in [0.29, 0.717) is 11.5 Å². The standard InChI is InChI=1S/C13H13N5O/c1-7-8(2)15-18-12(7)14-13(19)11-9-5-3-4-6-10(9)16-17-11/h3-6H,1-2H3,(H,16,17)(H2,14,15,18,19). The van der Waals surface area contributed by atoms with E-state index in [9.17, 15) is 4.79 Å². The van der Waals surface area contributed by atoms with Gasteiger partial charge in [0.25, 0.3) is 5.91 Å². The van der Waals surface area contributed by atoms with Gasteiger partial charge in [-0.3, -0.25) is 15.0 Å². The number of aromatic nitrogens is 4. The molecule has 0 aliphatic heterocycles. The molecule has 0 radical (unpaired) electrons. The summed E-state index contributed by atoms with van der Waals surface area (Å²) in [5.74, 6) is 0.265. The van der Waals surface area contributed by atoms with Crippen LogP contribution in [0.15, 0.2) is 24.3 Å². The molecule has 0 aliphatic rings. The van der Waals surface area contributed by atoms with Crippen LogP contribution in [0.4, 0.5) is 5.82 Å². The van der Waals surface area contributed by atoms with E-state index in [-0.39, 0.29) is 5.91 Å². The first kappa shape index (κ1) is 11.5. The molecule has 0 unspecified atom stereocenters. The summed E-state index contributed by atoms with van der Waals surface area (Å²) in [7, 11) is 0. The van der Waals surface area contributed by atoms with E-state index in [2.05, 4.69) is 25.7 Å². The maximum Gasteiger partial charge on any atom is 0.278 e. The summed E-state index contributed by atoms with van der Waals surface area (Å²) in [6.45, 7) is 3.80. The molecule has 3 aromatic rings. The first-order valence-electron chi connectivity index (χ1n) is 5.93. The van der Waals surface area contributed by atoms with Gasteiger partial charge in [-0.1, -0.05) is 18.2 Å². The predicted molar refractivity (Wildman–Crippen MR) is 72.1 cm³/mol. The Morgan fingerprint density at radius 1 is 1.16 bits per heavy atom. The van der Waals surface area contributed by atoms with E-state index in [4.69, 9.17) is 0 Å². The third kappa shape index (κ3) is 1.87. The fourth-order valence-electron chi connectivity index (χ4n) is 1.91. The lowest BCUT2D eigenvalue weighted by molar-refractivity contribution is 0.102. The van der Waals surface area contributed by atoms with Crippen molar-refractivity contribution < 1.29 is 4.79 Å². The summed E-state index contributed by atoms with van der Waals surface area (Å²) in [6.07, 6.45) is 0. The summed E-state index contributed by atoms with van der Waals surface area (Å²) in [4.78, 5) is 12.2. The molecule has 6 nitrogen and oxygen atoms in total. The Balaban J connectivity index is 1.94. The highest BCUT2D eigenvalue weighted by Crippen LogP contribution is 2.18. The SMILES string of the molecule is Cc1[nH]nc(NC(=O)c2n[nH]c3ccccc23)c1C. The van der Waals surface area contributed by atoms with E-state index in [0.717, 1.165) is 22.2 Å². The summed E-state index contributed by atoms with van der Waals surface area (Å²) in [5, 5.41) is 17.3. The Bertz CT molecular complexity index is 755. The number of nitrogens with one attached hydrogen (secondary N) is 3. The maximum absolute atomic E-state index is 12.2. The van der Waals surface area contributed by atoms with Crippen molar-refractivity contribution >= 4 is 22.6 Å². The van der Waals surface area contributed by atoms with Crippen molar-refractivity contribution in [2.75, 3.05) is 5.32 Å². The molecule has 2 aromatic heterocycles. The van der Waals surface area contributed by atoms with Gasteiger partial charge in [0.15, 0.2) is 11.5 Å². The van der Waals surface area contributed by atoms with E-state index >= 15 is 0 Å². The zero-order chi connectivity index (χ0) is 13.4. The molecule has 0 aliphatic carbocycles. The monoisotopic (exact) mass is 255 g/mol. The average molecular weight is 255 g/mol. The second-order valence-corrected chi connectivity index (χ2v) is 4.39. The van der Waals surface area contributed by atoms with Gasteiger partial charge in [-0.05, 0) is 19.9 Å². The molecule has 2 heterocycles. The lowest BCUT2D eigenvalue weighted by Gasteiger charge is -2.00. The van der Waals surface area contributed by atoms with Gasteiger partial charge < -0.3 is 5.32 Å². The maximum atomic E-state index is 12.2. The number of carbonyl (C=O) groups is 1. The van der Waals surface area contributed by atoms with Crippen molar-refractivity contribution in [3.05, 3.63) is 41.2 Å². The van der Waals surface area contributed by atoms with Crippen LogP contribution in [-0.2, 0) is 0 Å². The van der Waals surface area contributed by atoms with Crippen molar-refractivity contribution in [1.29, 1.82) is 0 Å². The van der Waals surface area contributed by atoms with Crippen molar-refractivity contribution in [3.63, 3.8) is 0 Å². The second kappa shape index (κ2) is 4.24. The average Bonchev–Trinajstić information content (AvgIpc) is 2.97. The van der Waals surface area contributed by atoms with Crippen molar-refractivity contribution in [2.24, 2.45) is 0 Å². The third-order valence-corrected chi connectivity index (χ3v) is 3.17. The lowest BCUT2D eigenvalue weighted by Crippen LogP contribution is -2.13. The summed E-state index contributed by atoms with van der Waals surface area (Å²) >= 11 is 0. The number of hydrogen-bond donors (Lipinski definition) is 3. The Kier molecular flexibility index (Phi) is 2.56. The highest BCUT2D eigenvalue weighted by atomic mass is 16.2. The van der Waals surface area contributed by atoms with Gasteiger partial charge in [0.1, 0.15) is 0 Å². The van der Waals surface area contributed by atoms with Crippen molar-refractivity contribution in [2.45, 2.75) is 13.8 Å². The minimum atomic E-state index is -0.271. The molecular weight excluding hydrogens is 242 g/mol. The Morgan fingerprint density at radius 2 is 1.95 bits per heavy atom. The first-order valence-corrected chi connectivity index (χ1v) is 5.93. The topological polar surface area (TPSA) is 86.5 Å². The smallest absolute Gasteiger partial charge is 0.278 e. The van der Waals surface area contributed by atoms with E-state index < -0.39 is 0 Å². The van der Waals surface area contributed by atoms with Gasteiger partial charge in [-0.15, -0.1) is 0 Å². The van der Waals surface area contributed by atoms with Gasteiger partial charge in [0, 0.05) is 16.6 Å². The Labute approximate surface area is 109 Å². The Hall–Kier alpha value is -2.63. The highest BCUT2D eigenvalue weighted by molar-refractivity contribution is 6.10. The molecule has 0 atom stereocenters. The highest BCUT2D eigenvalue weighted by Gasteiger charge is 2.16. The molecule has 6 heteroatoms. The zero-order valence-corrected chi connectivity index (χ0v) is 10.6. The molecule has 0 saturated carbocycles. The van der Waals surface area contributed by atoms with Crippen LogP contribution in [0, 0.1) is 13.8 Å². The van der Waals surface area contributed by atoms with Gasteiger partial charge in [-0.2, -0.15) is 10.2 Å². The number of fused-ring (bicyclic) bond motifs is 1. The van der Waals surface area contributed by atoms with Crippen LogP contribution >= 0.6 is 0 Å². The molecule has 0 fully saturated rings. The number of hydrogen-bond acceptors (Lipinski definition) is 3. The van der Waals surface area contributed by atoms with Crippen LogP contribution in [0.25, 0.3) is 10.9 Å². The number of rotatable bonds is 2. The second-order valence-electron chi connectivity index (χ2n) is 4.39. The fraction of sp³-hybridized carbons (Fsp3) is 0.154.